The van der Waals surface area contributed by atoms with Gasteiger partial charge in [0.1, 0.15) is 0 Å². The van der Waals surface area contributed by atoms with E-state index < -0.39 is 0 Å². The van der Waals surface area contributed by atoms with Gasteiger partial charge in [-0.15, -0.1) is 0 Å². The fraction of sp³-hybridized carbons (Fsp3) is 0.667. The summed E-state index contributed by atoms with van der Waals surface area (Å²) in [5.74, 6) is 0.142. The van der Waals surface area contributed by atoms with Gasteiger partial charge >= 0.3 is 0 Å². The summed E-state index contributed by atoms with van der Waals surface area (Å²) in [5.41, 5.74) is 2.09. The molecule has 0 fully saturated rings. The molecule has 0 saturated heterocycles. The van der Waals surface area contributed by atoms with E-state index in [1.165, 1.54) is 56.9 Å². The van der Waals surface area contributed by atoms with Crippen LogP contribution >= 0.6 is 0 Å². The fourth-order valence-electron chi connectivity index (χ4n) is 2.54. The highest BCUT2D eigenvalue weighted by molar-refractivity contribution is 5.90. The van der Waals surface area contributed by atoms with Crippen molar-refractivity contribution in [2.75, 3.05) is 5.32 Å². The van der Waals surface area contributed by atoms with Crippen LogP contribution in [0.2, 0.25) is 0 Å². The van der Waals surface area contributed by atoms with Crippen LogP contribution in [0.25, 0.3) is 0 Å². The van der Waals surface area contributed by atoms with Crippen molar-refractivity contribution in [2.45, 2.75) is 91.9 Å². The highest BCUT2D eigenvalue weighted by atomic mass is 16.1. The van der Waals surface area contributed by atoms with Crippen molar-refractivity contribution in [2.24, 2.45) is 0 Å². The van der Waals surface area contributed by atoms with E-state index in [4.69, 9.17) is 0 Å². The molecule has 0 unspecified atom stereocenters. The van der Waals surface area contributed by atoms with Gasteiger partial charge in [-0.1, -0.05) is 84.3 Å². The third-order valence-corrected chi connectivity index (χ3v) is 3.81. The Kier molecular flexibility index (Phi) is 14.7. The number of unbranched alkanes of at least 4 members (excludes halogenated alkanes) is 8. The number of aryl methyl sites for hydroxylation is 1. The zero-order valence-corrected chi connectivity index (χ0v) is 15.8. The maximum absolute atomic E-state index is 11.8. The first kappa shape index (κ1) is 21.7. The van der Waals surface area contributed by atoms with Gasteiger partial charge in [0, 0.05) is 12.1 Å². The molecule has 1 aromatic carbocycles. The first-order valence-electron chi connectivity index (χ1n) is 9.59. The molecule has 0 aliphatic rings. The van der Waals surface area contributed by atoms with E-state index in [0.29, 0.717) is 6.42 Å². The highest BCUT2D eigenvalue weighted by Gasteiger charge is 2.02. The van der Waals surface area contributed by atoms with E-state index in [1.54, 1.807) is 0 Å². The zero-order chi connectivity index (χ0) is 17.3. The summed E-state index contributed by atoms with van der Waals surface area (Å²) in [6, 6.07) is 7.97. The van der Waals surface area contributed by atoms with Gasteiger partial charge in [-0.05, 0) is 31.0 Å². The summed E-state index contributed by atoms with van der Waals surface area (Å²) in [5, 5.41) is 2.97. The number of nitrogens with one attached hydrogen (secondary N) is 1. The lowest BCUT2D eigenvalue weighted by atomic mass is 10.1. The van der Waals surface area contributed by atoms with E-state index in [-0.39, 0.29) is 5.91 Å². The Morgan fingerprint density at radius 2 is 1.48 bits per heavy atom. The van der Waals surface area contributed by atoms with Crippen molar-refractivity contribution in [3.63, 3.8) is 0 Å². The van der Waals surface area contributed by atoms with Crippen LogP contribution in [0, 0.1) is 6.92 Å². The number of rotatable bonds is 11. The average Bonchev–Trinajstić information content (AvgIpc) is 2.55. The van der Waals surface area contributed by atoms with Gasteiger partial charge in [-0.2, -0.15) is 0 Å². The molecule has 0 aliphatic carbocycles. The second kappa shape index (κ2) is 15.6. The molecule has 0 saturated carbocycles. The van der Waals surface area contributed by atoms with Crippen LogP contribution in [-0.2, 0) is 4.79 Å². The van der Waals surface area contributed by atoms with Gasteiger partial charge in [-0.3, -0.25) is 4.79 Å². The normalized spacial score (nSPS) is 9.91. The molecule has 132 valence electrons. The van der Waals surface area contributed by atoms with Crippen LogP contribution in [0.4, 0.5) is 5.69 Å². The molecule has 2 heteroatoms. The van der Waals surface area contributed by atoms with E-state index in [1.807, 2.05) is 45.0 Å². The largest absolute Gasteiger partial charge is 0.326 e. The first-order valence-corrected chi connectivity index (χ1v) is 9.59. The summed E-state index contributed by atoms with van der Waals surface area (Å²) >= 11 is 0. The molecule has 1 rings (SSSR count). The number of carbonyl (C=O) groups is 1. The minimum absolute atomic E-state index is 0.142. The molecular weight excluding hydrogens is 282 g/mol. The molecule has 0 heterocycles. The molecule has 0 radical (unpaired) electrons. The molecule has 0 aliphatic heterocycles. The van der Waals surface area contributed by atoms with Gasteiger partial charge in [0.05, 0.1) is 0 Å². The van der Waals surface area contributed by atoms with E-state index in [2.05, 4.69) is 12.2 Å². The van der Waals surface area contributed by atoms with Crippen LogP contribution in [0.15, 0.2) is 24.3 Å². The lowest BCUT2D eigenvalue weighted by Crippen LogP contribution is -2.11. The standard InChI is InChI=1S/C19H31NO.C2H6/c1-3-4-5-6-7-8-9-10-11-15-19(21)20-18-14-12-13-17(2)16-18;1-2/h12-14,16H,3-11,15H2,1-2H3,(H,20,21);1-2H3. The highest BCUT2D eigenvalue weighted by Crippen LogP contribution is 2.12. The topological polar surface area (TPSA) is 29.1 Å². The Bertz CT molecular complexity index is 401. The lowest BCUT2D eigenvalue weighted by molar-refractivity contribution is -0.116. The van der Waals surface area contributed by atoms with Crippen molar-refractivity contribution < 1.29 is 4.79 Å². The van der Waals surface area contributed by atoms with Crippen molar-refractivity contribution in [3.8, 4) is 0 Å². The van der Waals surface area contributed by atoms with Crippen molar-refractivity contribution in [1.29, 1.82) is 0 Å². The maximum atomic E-state index is 11.8. The molecular formula is C21H37NO. The number of amides is 1. The van der Waals surface area contributed by atoms with E-state index in [0.717, 1.165) is 12.1 Å². The molecule has 0 aromatic heterocycles. The second-order valence-electron chi connectivity index (χ2n) is 6.00. The molecule has 23 heavy (non-hydrogen) atoms. The quantitative estimate of drug-likeness (QED) is 0.442. The Labute approximate surface area is 144 Å². The average molecular weight is 320 g/mol. The summed E-state index contributed by atoms with van der Waals surface area (Å²) in [7, 11) is 0. The lowest BCUT2D eigenvalue weighted by Gasteiger charge is -2.06. The summed E-state index contributed by atoms with van der Waals surface area (Å²) in [6.07, 6.45) is 12.2. The Morgan fingerprint density at radius 1 is 0.913 bits per heavy atom. The minimum atomic E-state index is 0.142. The number of hydrogen-bond donors (Lipinski definition) is 1. The van der Waals surface area contributed by atoms with E-state index >= 15 is 0 Å². The number of benzene rings is 1. The summed E-state index contributed by atoms with van der Waals surface area (Å²) in [6.45, 7) is 8.29. The van der Waals surface area contributed by atoms with Gasteiger partial charge in [0.15, 0.2) is 0 Å². The Hall–Kier alpha value is -1.31. The van der Waals surface area contributed by atoms with Gasteiger partial charge in [0.2, 0.25) is 5.91 Å². The fourth-order valence-corrected chi connectivity index (χ4v) is 2.54. The number of anilines is 1. The molecule has 2 nitrogen and oxygen atoms in total. The molecule has 1 amide bonds. The number of carbonyl (C=O) groups excluding carboxylic acids is 1. The predicted molar refractivity (Wildman–Crippen MR) is 103 cm³/mol. The van der Waals surface area contributed by atoms with Crippen molar-refractivity contribution in [3.05, 3.63) is 29.8 Å². The minimum Gasteiger partial charge on any atom is -0.326 e. The third kappa shape index (κ3) is 12.9. The molecule has 0 atom stereocenters. The van der Waals surface area contributed by atoms with Crippen LogP contribution in [0.1, 0.15) is 90.5 Å². The number of hydrogen-bond acceptors (Lipinski definition) is 1. The van der Waals surface area contributed by atoms with Crippen LogP contribution in [0.3, 0.4) is 0 Å². The van der Waals surface area contributed by atoms with Crippen LogP contribution < -0.4 is 5.32 Å². The maximum Gasteiger partial charge on any atom is 0.224 e. The monoisotopic (exact) mass is 319 g/mol. The zero-order valence-electron chi connectivity index (χ0n) is 15.8. The Balaban J connectivity index is 0.00000232. The van der Waals surface area contributed by atoms with Gasteiger partial charge in [0.25, 0.3) is 0 Å². The molecule has 1 N–H and O–H groups in total. The Morgan fingerprint density at radius 3 is 2.04 bits per heavy atom. The van der Waals surface area contributed by atoms with Crippen LogP contribution in [0.5, 0.6) is 0 Å². The second-order valence-corrected chi connectivity index (χ2v) is 6.00. The predicted octanol–water partition coefficient (Wildman–Crippen LogP) is 6.88. The molecule has 0 bridgehead atoms. The van der Waals surface area contributed by atoms with E-state index in [9.17, 15) is 4.79 Å². The van der Waals surface area contributed by atoms with Gasteiger partial charge in [-0.25, -0.2) is 0 Å². The smallest absolute Gasteiger partial charge is 0.224 e. The third-order valence-electron chi connectivity index (χ3n) is 3.81. The SMILES string of the molecule is CC.CCCCCCCCCCCC(=O)Nc1cccc(C)c1. The molecule has 1 aromatic rings. The van der Waals surface area contributed by atoms with Gasteiger partial charge < -0.3 is 5.32 Å². The summed E-state index contributed by atoms with van der Waals surface area (Å²) in [4.78, 5) is 11.8. The molecule has 0 spiro atoms. The van der Waals surface area contributed by atoms with Crippen molar-refractivity contribution >= 4 is 11.6 Å². The first-order chi connectivity index (χ1) is 11.2. The van der Waals surface area contributed by atoms with Crippen LogP contribution in [-0.4, -0.2) is 5.91 Å². The summed E-state index contributed by atoms with van der Waals surface area (Å²) < 4.78 is 0. The van der Waals surface area contributed by atoms with Crippen molar-refractivity contribution in [1.82, 2.24) is 0 Å².